The minimum atomic E-state index is 1.04. The van der Waals surface area contributed by atoms with Gasteiger partial charge < -0.3 is 10.2 Å². The number of halogens is 1. The summed E-state index contributed by atoms with van der Waals surface area (Å²) < 4.78 is 3.08. The van der Waals surface area contributed by atoms with Crippen molar-refractivity contribution in [1.29, 1.82) is 0 Å². The Morgan fingerprint density at radius 3 is 2.25 bits per heavy atom. The van der Waals surface area contributed by atoms with Crippen molar-refractivity contribution in [2.24, 2.45) is 0 Å². The highest BCUT2D eigenvalue weighted by Gasteiger charge is 1.96. The summed E-state index contributed by atoms with van der Waals surface area (Å²) in [6.45, 7) is 11.1. The van der Waals surface area contributed by atoms with Gasteiger partial charge in [-0.3, -0.25) is 3.53 Å². The van der Waals surface area contributed by atoms with Gasteiger partial charge in [-0.05, 0) is 13.1 Å². The molecule has 0 radical (unpaired) electrons. The Morgan fingerprint density at radius 1 is 1.08 bits per heavy atom. The molecule has 0 aromatic heterocycles. The molecular formula is C8H20IN3. The van der Waals surface area contributed by atoms with E-state index in [1.54, 1.807) is 0 Å². The van der Waals surface area contributed by atoms with Gasteiger partial charge in [-0.2, -0.15) is 0 Å². The fourth-order valence-electron chi connectivity index (χ4n) is 1.04. The maximum absolute atomic E-state index is 3.38. The van der Waals surface area contributed by atoms with Crippen LogP contribution in [0.4, 0.5) is 0 Å². The third-order valence-corrected chi connectivity index (χ3v) is 2.43. The van der Waals surface area contributed by atoms with Crippen molar-refractivity contribution >= 4 is 22.9 Å². The monoisotopic (exact) mass is 285 g/mol. The molecule has 3 nitrogen and oxygen atoms in total. The van der Waals surface area contributed by atoms with Crippen LogP contribution in [0.5, 0.6) is 0 Å². The molecule has 74 valence electrons. The molecule has 0 heterocycles. The second kappa shape index (κ2) is 9.70. The zero-order valence-electron chi connectivity index (χ0n) is 8.07. The number of likely N-dealkylation sites (N-methyl/N-ethyl adjacent to an activating group) is 1. The molecule has 0 amide bonds. The van der Waals surface area contributed by atoms with Gasteiger partial charge in [0.25, 0.3) is 0 Å². The molecule has 0 aliphatic rings. The predicted molar refractivity (Wildman–Crippen MR) is 62.7 cm³/mol. The maximum atomic E-state index is 3.38. The van der Waals surface area contributed by atoms with E-state index in [2.05, 4.69) is 50.5 Å². The highest BCUT2D eigenvalue weighted by molar-refractivity contribution is 14.1. The second-order valence-electron chi connectivity index (χ2n) is 2.66. The molecule has 0 spiro atoms. The van der Waals surface area contributed by atoms with Gasteiger partial charge in [0.15, 0.2) is 0 Å². The molecule has 0 fully saturated rings. The Kier molecular flexibility index (Phi) is 10.2. The van der Waals surface area contributed by atoms with Crippen molar-refractivity contribution < 1.29 is 0 Å². The molecule has 4 heteroatoms. The molecule has 0 atom stereocenters. The first-order valence-electron chi connectivity index (χ1n) is 4.61. The average Bonchev–Trinajstić information content (AvgIpc) is 2.11. The number of nitrogens with zero attached hydrogens (tertiary/aromatic N) is 1. The summed E-state index contributed by atoms with van der Waals surface area (Å²) in [5.74, 6) is 0. The van der Waals surface area contributed by atoms with E-state index in [0.717, 1.165) is 39.3 Å². The molecule has 0 aromatic carbocycles. The minimum absolute atomic E-state index is 1.04. The molecule has 0 aromatic rings. The van der Waals surface area contributed by atoms with E-state index in [0.29, 0.717) is 0 Å². The van der Waals surface area contributed by atoms with Gasteiger partial charge in [0, 0.05) is 49.0 Å². The Labute approximate surface area is 89.8 Å². The standard InChI is InChI=1S/C8H20IN3/c1-3-12(4-2)8-7-10-5-6-11-9/h10-11H,3-8H2,1-2H3. The average molecular weight is 285 g/mol. The van der Waals surface area contributed by atoms with Gasteiger partial charge in [-0.25, -0.2) is 0 Å². The largest absolute Gasteiger partial charge is 0.314 e. The van der Waals surface area contributed by atoms with Gasteiger partial charge in [0.05, 0.1) is 0 Å². The van der Waals surface area contributed by atoms with Crippen LogP contribution >= 0.6 is 22.9 Å². The fraction of sp³-hybridized carbons (Fsp3) is 1.00. The Balaban J connectivity index is 3.06. The van der Waals surface area contributed by atoms with Crippen LogP contribution < -0.4 is 8.85 Å². The highest BCUT2D eigenvalue weighted by atomic mass is 127. The molecule has 0 aliphatic heterocycles. The summed E-state index contributed by atoms with van der Waals surface area (Å²) in [5.41, 5.74) is 0. The van der Waals surface area contributed by atoms with Crippen molar-refractivity contribution in [2.75, 3.05) is 39.3 Å². The fourth-order valence-corrected chi connectivity index (χ4v) is 1.31. The number of nitrogens with one attached hydrogen (secondary N) is 2. The van der Waals surface area contributed by atoms with Crippen molar-refractivity contribution in [3.05, 3.63) is 0 Å². The highest BCUT2D eigenvalue weighted by Crippen LogP contribution is 1.83. The lowest BCUT2D eigenvalue weighted by Gasteiger charge is -2.17. The van der Waals surface area contributed by atoms with Crippen molar-refractivity contribution in [2.45, 2.75) is 13.8 Å². The first kappa shape index (κ1) is 12.6. The van der Waals surface area contributed by atoms with Gasteiger partial charge in [0.1, 0.15) is 0 Å². The third kappa shape index (κ3) is 7.27. The summed E-state index contributed by atoms with van der Waals surface area (Å²) in [7, 11) is 0. The SMILES string of the molecule is CCN(CC)CCNCCNI. The van der Waals surface area contributed by atoms with Crippen LogP contribution in [0.3, 0.4) is 0 Å². The van der Waals surface area contributed by atoms with Crippen molar-refractivity contribution in [1.82, 2.24) is 13.7 Å². The van der Waals surface area contributed by atoms with Gasteiger partial charge in [-0.1, -0.05) is 13.8 Å². The van der Waals surface area contributed by atoms with Crippen LogP contribution in [0.15, 0.2) is 0 Å². The predicted octanol–water partition coefficient (Wildman–Crippen LogP) is 0.857. The smallest absolute Gasteiger partial charge is 0.0175 e. The Hall–Kier alpha value is 0.610. The topological polar surface area (TPSA) is 27.3 Å². The van der Waals surface area contributed by atoms with E-state index in [1.807, 2.05) is 0 Å². The number of hydrogen-bond acceptors (Lipinski definition) is 3. The molecule has 0 aliphatic carbocycles. The molecular weight excluding hydrogens is 265 g/mol. The van der Waals surface area contributed by atoms with Gasteiger partial charge in [0.2, 0.25) is 0 Å². The van der Waals surface area contributed by atoms with Crippen LogP contribution in [0.2, 0.25) is 0 Å². The third-order valence-electron chi connectivity index (χ3n) is 1.90. The summed E-state index contributed by atoms with van der Waals surface area (Å²) >= 11 is 2.17. The summed E-state index contributed by atoms with van der Waals surface area (Å²) in [4.78, 5) is 2.42. The first-order valence-corrected chi connectivity index (χ1v) is 5.69. The van der Waals surface area contributed by atoms with Crippen LogP contribution in [-0.2, 0) is 0 Å². The van der Waals surface area contributed by atoms with Crippen LogP contribution in [0.25, 0.3) is 0 Å². The van der Waals surface area contributed by atoms with E-state index in [-0.39, 0.29) is 0 Å². The Bertz CT molecular complexity index is 86.4. The van der Waals surface area contributed by atoms with Crippen LogP contribution in [-0.4, -0.2) is 44.2 Å². The van der Waals surface area contributed by atoms with E-state index >= 15 is 0 Å². The summed E-state index contributed by atoms with van der Waals surface area (Å²) in [5, 5.41) is 3.38. The lowest BCUT2D eigenvalue weighted by Crippen LogP contribution is -2.33. The van der Waals surface area contributed by atoms with E-state index < -0.39 is 0 Å². The van der Waals surface area contributed by atoms with Crippen molar-refractivity contribution in [3.8, 4) is 0 Å². The summed E-state index contributed by atoms with van der Waals surface area (Å²) in [6, 6.07) is 0. The molecule has 0 unspecified atom stereocenters. The van der Waals surface area contributed by atoms with E-state index in [1.165, 1.54) is 0 Å². The lowest BCUT2D eigenvalue weighted by atomic mass is 10.4. The zero-order valence-corrected chi connectivity index (χ0v) is 10.2. The number of hydrogen-bond donors (Lipinski definition) is 2. The van der Waals surface area contributed by atoms with Crippen LogP contribution in [0.1, 0.15) is 13.8 Å². The zero-order chi connectivity index (χ0) is 9.23. The van der Waals surface area contributed by atoms with Crippen LogP contribution in [0, 0.1) is 0 Å². The molecule has 0 saturated heterocycles. The second-order valence-corrected chi connectivity index (χ2v) is 3.42. The molecule has 0 saturated carbocycles. The first-order chi connectivity index (χ1) is 5.85. The molecule has 12 heavy (non-hydrogen) atoms. The molecule has 0 bridgehead atoms. The minimum Gasteiger partial charge on any atom is -0.314 e. The van der Waals surface area contributed by atoms with Gasteiger partial charge in [-0.15, -0.1) is 0 Å². The van der Waals surface area contributed by atoms with E-state index in [9.17, 15) is 0 Å². The normalized spacial score (nSPS) is 11.0. The summed E-state index contributed by atoms with van der Waals surface area (Å²) in [6.07, 6.45) is 0. The van der Waals surface area contributed by atoms with Gasteiger partial charge >= 0.3 is 0 Å². The quantitative estimate of drug-likeness (QED) is 0.393. The van der Waals surface area contributed by atoms with E-state index in [4.69, 9.17) is 0 Å². The maximum Gasteiger partial charge on any atom is 0.0175 e. The molecule has 0 rings (SSSR count). The number of rotatable bonds is 8. The molecule has 2 N–H and O–H groups in total. The lowest BCUT2D eigenvalue weighted by molar-refractivity contribution is 0.303. The van der Waals surface area contributed by atoms with Crippen molar-refractivity contribution in [3.63, 3.8) is 0 Å². The Morgan fingerprint density at radius 2 is 1.75 bits per heavy atom.